The largest absolute Gasteiger partial charge is 0.475 e. The number of halogens is 4. The first-order valence-electron chi connectivity index (χ1n) is 3.15. The Morgan fingerprint density at radius 3 is 2.00 bits per heavy atom. The Labute approximate surface area is 80.0 Å². The summed E-state index contributed by atoms with van der Waals surface area (Å²) in [6.45, 7) is 0. The van der Waals surface area contributed by atoms with Crippen molar-refractivity contribution < 1.29 is 17.4 Å². The van der Waals surface area contributed by atoms with Gasteiger partial charge in [-0.25, -0.2) is 4.21 Å². The van der Waals surface area contributed by atoms with E-state index in [9.17, 15) is 17.4 Å². The minimum absolute atomic E-state index is 0.295. The zero-order valence-electron chi connectivity index (χ0n) is 6.14. The molecule has 0 amide bonds. The van der Waals surface area contributed by atoms with E-state index in [1.165, 1.54) is 12.1 Å². The standard InChI is InChI=1S/C7H4ClF3OS/c8-5-1-3-6(4-2-5)13(12)7(9,10)11/h1-4H/t13-/m0/s1. The molecule has 0 heterocycles. The maximum atomic E-state index is 11.9. The van der Waals surface area contributed by atoms with Gasteiger partial charge in [0.15, 0.2) is 10.8 Å². The molecule has 1 aromatic carbocycles. The summed E-state index contributed by atoms with van der Waals surface area (Å²) in [6.07, 6.45) is 0. The van der Waals surface area contributed by atoms with E-state index < -0.39 is 16.3 Å². The molecule has 1 atom stereocenters. The molecule has 72 valence electrons. The Kier molecular flexibility index (Phi) is 2.98. The normalized spacial score (nSPS) is 14.2. The molecule has 1 nitrogen and oxygen atoms in total. The molecule has 0 saturated carbocycles. The van der Waals surface area contributed by atoms with Crippen LogP contribution in [0.5, 0.6) is 0 Å². The monoisotopic (exact) mass is 228 g/mol. The minimum atomic E-state index is -4.71. The molecule has 0 aromatic heterocycles. The molecule has 0 radical (unpaired) electrons. The Balaban J connectivity index is 2.97. The highest BCUT2D eigenvalue weighted by atomic mass is 35.5. The van der Waals surface area contributed by atoms with Crippen molar-refractivity contribution in [2.45, 2.75) is 10.4 Å². The van der Waals surface area contributed by atoms with Gasteiger partial charge < -0.3 is 0 Å². The van der Waals surface area contributed by atoms with Crippen LogP contribution in [0, 0.1) is 0 Å². The second-order valence-corrected chi connectivity index (χ2v) is 4.08. The Morgan fingerprint density at radius 2 is 1.62 bits per heavy atom. The average Bonchev–Trinajstić information content (AvgIpc) is 2.03. The molecule has 0 unspecified atom stereocenters. The highest BCUT2D eigenvalue weighted by molar-refractivity contribution is 7.86. The van der Waals surface area contributed by atoms with Crippen LogP contribution < -0.4 is 0 Å². The molecule has 6 heteroatoms. The molecule has 0 aliphatic rings. The fourth-order valence-corrected chi connectivity index (χ4v) is 1.47. The molecular weight excluding hydrogens is 225 g/mol. The molecule has 0 bridgehead atoms. The van der Waals surface area contributed by atoms with Gasteiger partial charge in [0.2, 0.25) is 0 Å². The van der Waals surface area contributed by atoms with Gasteiger partial charge in [-0.15, -0.1) is 0 Å². The number of hydrogen-bond acceptors (Lipinski definition) is 1. The summed E-state index contributed by atoms with van der Waals surface area (Å²) in [5.74, 6) is 0. The minimum Gasteiger partial charge on any atom is -0.245 e. The summed E-state index contributed by atoms with van der Waals surface area (Å²) < 4.78 is 46.4. The van der Waals surface area contributed by atoms with Gasteiger partial charge in [0.1, 0.15) is 0 Å². The van der Waals surface area contributed by atoms with E-state index in [0.29, 0.717) is 5.02 Å². The lowest BCUT2D eigenvalue weighted by atomic mass is 10.4. The summed E-state index contributed by atoms with van der Waals surface area (Å²) in [4.78, 5) is -0.295. The van der Waals surface area contributed by atoms with Crippen molar-refractivity contribution in [3.8, 4) is 0 Å². The van der Waals surface area contributed by atoms with Crippen LogP contribution in [0.3, 0.4) is 0 Å². The summed E-state index contributed by atoms with van der Waals surface area (Å²) in [5, 5.41) is 0.308. The van der Waals surface area contributed by atoms with Crippen LogP contribution in [0.25, 0.3) is 0 Å². The van der Waals surface area contributed by atoms with Crippen molar-refractivity contribution in [1.82, 2.24) is 0 Å². The fourth-order valence-electron chi connectivity index (χ4n) is 0.692. The first-order valence-corrected chi connectivity index (χ1v) is 4.68. The molecule has 13 heavy (non-hydrogen) atoms. The molecule has 1 aromatic rings. The average molecular weight is 229 g/mol. The molecule has 0 spiro atoms. The van der Waals surface area contributed by atoms with Crippen molar-refractivity contribution in [1.29, 1.82) is 0 Å². The van der Waals surface area contributed by atoms with Crippen LogP contribution >= 0.6 is 11.6 Å². The van der Waals surface area contributed by atoms with Crippen LogP contribution in [-0.4, -0.2) is 9.72 Å². The quantitative estimate of drug-likeness (QED) is 0.722. The number of hydrogen-bond donors (Lipinski definition) is 0. The topological polar surface area (TPSA) is 17.1 Å². The van der Waals surface area contributed by atoms with Gasteiger partial charge in [0, 0.05) is 9.92 Å². The number of rotatable bonds is 1. The summed E-state index contributed by atoms with van der Waals surface area (Å²) in [6, 6.07) is 4.71. The van der Waals surface area contributed by atoms with Crippen LogP contribution in [0.1, 0.15) is 0 Å². The molecule has 0 N–H and O–H groups in total. The van der Waals surface area contributed by atoms with Crippen LogP contribution in [0.2, 0.25) is 5.02 Å². The third kappa shape index (κ3) is 2.70. The molecule has 0 fully saturated rings. The third-order valence-corrected chi connectivity index (χ3v) is 2.61. The summed E-state index contributed by atoms with van der Waals surface area (Å²) in [5.41, 5.74) is -4.71. The highest BCUT2D eigenvalue weighted by Gasteiger charge is 2.37. The smallest absolute Gasteiger partial charge is 0.245 e. The molecule has 1 rings (SSSR count). The first kappa shape index (κ1) is 10.5. The first-order chi connectivity index (χ1) is 5.91. The maximum absolute atomic E-state index is 11.9. The second kappa shape index (κ2) is 3.67. The van der Waals surface area contributed by atoms with Gasteiger partial charge in [-0.3, -0.25) is 0 Å². The second-order valence-electron chi connectivity index (χ2n) is 2.17. The molecule has 0 aliphatic carbocycles. The zero-order valence-corrected chi connectivity index (χ0v) is 7.71. The van der Waals surface area contributed by atoms with E-state index in [1.54, 1.807) is 0 Å². The SMILES string of the molecule is O=[S@@](c1ccc(Cl)cc1)C(F)(F)F. The summed E-state index contributed by atoms with van der Waals surface area (Å²) >= 11 is 5.45. The lowest BCUT2D eigenvalue weighted by molar-refractivity contribution is -0.0384. The predicted molar refractivity (Wildman–Crippen MR) is 43.9 cm³/mol. The van der Waals surface area contributed by atoms with E-state index in [0.717, 1.165) is 12.1 Å². The lowest BCUT2D eigenvalue weighted by Crippen LogP contribution is -2.15. The van der Waals surface area contributed by atoms with Crippen LogP contribution in [-0.2, 0) is 10.8 Å². The van der Waals surface area contributed by atoms with Crippen LogP contribution in [0.15, 0.2) is 29.2 Å². The van der Waals surface area contributed by atoms with E-state index in [4.69, 9.17) is 11.6 Å². The highest BCUT2D eigenvalue weighted by Crippen LogP contribution is 2.26. The van der Waals surface area contributed by atoms with Gasteiger partial charge in [-0.05, 0) is 24.3 Å². The van der Waals surface area contributed by atoms with Crippen molar-refractivity contribution in [2.24, 2.45) is 0 Å². The van der Waals surface area contributed by atoms with Crippen molar-refractivity contribution in [2.75, 3.05) is 0 Å². The summed E-state index contributed by atoms with van der Waals surface area (Å²) in [7, 11) is -2.97. The van der Waals surface area contributed by atoms with Gasteiger partial charge in [0.05, 0.1) is 0 Å². The molecule has 0 saturated heterocycles. The zero-order chi connectivity index (χ0) is 10.1. The van der Waals surface area contributed by atoms with Crippen molar-refractivity contribution in [3.05, 3.63) is 29.3 Å². The van der Waals surface area contributed by atoms with Gasteiger partial charge in [0.25, 0.3) is 0 Å². The number of benzene rings is 1. The van der Waals surface area contributed by atoms with E-state index in [1.807, 2.05) is 0 Å². The lowest BCUT2D eigenvalue weighted by Gasteiger charge is -2.05. The third-order valence-electron chi connectivity index (χ3n) is 1.24. The number of alkyl halides is 3. The van der Waals surface area contributed by atoms with Crippen LogP contribution in [0.4, 0.5) is 13.2 Å². The van der Waals surface area contributed by atoms with E-state index in [2.05, 4.69) is 0 Å². The van der Waals surface area contributed by atoms with Gasteiger partial charge >= 0.3 is 5.51 Å². The van der Waals surface area contributed by atoms with E-state index >= 15 is 0 Å². The Morgan fingerprint density at radius 1 is 1.15 bits per heavy atom. The van der Waals surface area contributed by atoms with Gasteiger partial charge in [-0.1, -0.05) is 11.6 Å². The van der Waals surface area contributed by atoms with Crippen molar-refractivity contribution in [3.63, 3.8) is 0 Å². The Hall–Kier alpha value is -0.550. The molecular formula is C7H4ClF3OS. The van der Waals surface area contributed by atoms with Crippen molar-refractivity contribution >= 4 is 22.4 Å². The van der Waals surface area contributed by atoms with Gasteiger partial charge in [-0.2, -0.15) is 13.2 Å². The van der Waals surface area contributed by atoms with E-state index in [-0.39, 0.29) is 4.90 Å². The molecule has 0 aliphatic heterocycles. The Bertz CT molecular complexity index is 320. The maximum Gasteiger partial charge on any atom is 0.475 e. The predicted octanol–water partition coefficient (Wildman–Crippen LogP) is 2.97. The fraction of sp³-hybridized carbons (Fsp3) is 0.143.